The molecule has 2 aromatic heterocycles. The SMILES string of the molecule is Cn1nnnc1SCC1=C(C(=O)O)N2C(=O)[C@H](NC(=O)C(NC(=O)NCCC#N)c3cccs3)C2SC1. The van der Waals surface area contributed by atoms with Gasteiger partial charge in [0.05, 0.1) is 12.5 Å². The van der Waals surface area contributed by atoms with Crippen molar-refractivity contribution < 1.29 is 24.3 Å². The molecule has 0 aromatic carbocycles. The number of hydrogen-bond donors (Lipinski definition) is 4. The van der Waals surface area contributed by atoms with Crippen LogP contribution in [0.1, 0.15) is 17.3 Å². The van der Waals surface area contributed by atoms with Crippen LogP contribution in [-0.2, 0) is 21.4 Å². The topological polar surface area (TPSA) is 195 Å². The third-order valence-corrected chi connectivity index (χ3v) is 8.77. The Balaban J connectivity index is 1.44. The van der Waals surface area contributed by atoms with Crippen molar-refractivity contribution in [2.45, 2.75) is 29.0 Å². The van der Waals surface area contributed by atoms with Gasteiger partial charge in [0.1, 0.15) is 23.2 Å². The Labute approximate surface area is 222 Å². The van der Waals surface area contributed by atoms with Crippen LogP contribution in [0, 0.1) is 11.3 Å². The van der Waals surface area contributed by atoms with Crippen molar-refractivity contribution in [3.05, 3.63) is 33.7 Å². The number of aryl methyl sites for hydroxylation is 1. The zero-order valence-electron chi connectivity index (χ0n) is 19.3. The predicted molar refractivity (Wildman–Crippen MR) is 133 cm³/mol. The lowest BCUT2D eigenvalue weighted by Gasteiger charge is -2.49. The summed E-state index contributed by atoms with van der Waals surface area (Å²) >= 11 is 3.86. The van der Waals surface area contributed by atoms with Crippen LogP contribution >= 0.6 is 34.9 Å². The lowest BCUT2D eigenvalue weighted by molar-refractivity contribution is -0.150. The number of nitrogens with zero attached hydrogens (tertiary/aromatic N) is 6. The molecule has 4 heterocycles. The number of fused-ring (bicyclic) bond motifs is 1. The van der Waals surface area contributed by atoms with Crippen molar-refractivity contribution in [3.8, 4) is 6.07 Å². The number of carboxylic acid groups (broad SMARTS) is 1. The van der Waals surface area contributed by atoms with E-state index < -0.39 is 41.3 Å². The fraction of sp³-hybridized carbons (Fsp3) is 0.400. The van der Waals surface area contributed by atoms with E-state index in [1.54, 1.807) is 24.6 Å². The van der Waals surface area contributed by atoms with Crippen molar-refractivity contribution in [2.24, 2.45) is 7.05 Å². The van der Waals surface area contributed by atoms with Crippen LogP contribution in [0.4, 0.5) is 4.79 Å². The average molecular weight is 564 g/mol. The molecule has 2 aliphatic rings. The van der Waals surface area contributed by atoms with Crippen molar-refractivity contribution in [1.29, 1.82) is 5.26 Å². The number of carboxylic acids is 1. The van der Waals surface area contributed by atoms with Gasteiger partial charge in [0.15, 0.2) is 0 Å². The molecular weight excluding hydrogens is 542 g/mol. The predicted octanol–water partition coefficient (Wildman–Crippen LogP) is 0.0565. The van der Waals surface area contributed by atoms with Gasteiger partial charge in [-0.1, -0.05) is 17.8 Å². The van der Waals surface area contributed by atoms with E-state index in [2.05, 4.69) is 31.5 Å². The highest BCUT2D eigenvalue weighted by Crippen LogP contribution is 2.41. The zero-order valence-corrected chi connectivity index (χ0v) is 21.7. The molecule has 1 fully saturated rings. The molecule has 0 saturated carbocycles. The largest absolute Gasteiger partial charge is 0.477 e. The average Bonchev–Trinajstić information content (AvgIpc) is 3.55. The third kappa shape index (κ3) is 5.70. The van der Waals surface area contributed by atoms with Crippen molar-refractivity contribution in [2.75, 3.05) is 18.1 Å². The lowest BCUT2D eigenvalue weighted by Crippen LogP contribution is -2.71. The molecule has 3 atom stereocenters. The standard InChI is InChI=1S/C20H21N9O5S3/c1-28-20(25-26-27-28)37-9-10-8-36-17-13(16(31)29(17)14(10)18(32)33)23-15(30)12(11-4-2-7-35-11)24-19(34)22-6-3-5-21/h2,4,7,12-13,17H,3,6,8-9H2,1H3,(H,23,30)(H,32,33)(H2,22,24,34)/t12?,13-,17?/m0/s1. The molecule has 2 aromatic rings. The first-order valence-electron chi connectivity index (χ1n) is 10.8. The van der Waals surface area contributed by atoms with Crippen molar-refractivity contribution in [3.63, 3.8) is 0 Å². The Kier molecular flexibility index (Phi) is 8.31. The van der Waals surface area contributed by atoms with Crippen molar-refractivity contribution >= 4 is 58.7 Å². The van der Waals surface area contributed by atoms with Gasteiger partial charge in [-0.2, -0.15) is 5.26 Å². The van der Waals surface area contributed by atoms with Gasteiger partial charge in [0.2, 0.25) is 11.1 Å². The number of thiophene rings is 1. The number of tetrazole rings is 1. The normalized spacial score (nSPS) is 19.4. The first-order chi connectivity index (χ1) is 17.8. The molecule has 1 saturated heterocycles. The molecule has 4 N–H and O–H groups in total. The number of carbonyl (C=O) groups excluding carboxylic acids is 3. The Bertz CT molecular complexity index is 1270. The monoisotopic (exact) mass is 563 g/mol. The van der Waals surface area contributed by atoms with E-state index in [-0.39, 0.29) is 24.4 Å². The van der Waals surface area contributed by atoms with Gasteiger partial charge in [0.25, 0.3) is 5.91 Å². The van der Waals surface area contributed by atoms with Gasteiger partial charge >= 0.3 is 12.0 Å². The van der Waals surface area contributed by atoms with Gasteiger partial charge < -0.3 is 21.1 Å². The molecule has 2 aliphatic heterocycles. The number of urea groups is 1. The zero-order chi connectivity index (χ0) is 26.5. The number of aliphatic carboxylic acids is 1. The van der Waals surface area contributed by atoms with Gasteiger partial charge in [-0.05, 0) is 27.4 Å². The number of thioether (sulfide) groups is 2. The highest BCUT2D eigenvalue weighted by Gasteiger charge is 2.54. The van der Waals surface area contributed by atoms with Gasteiger partial charge in [-0.25, -0.2) is 14.3 Å². The number of aromatic nitrogens is 4. The summed E-state index contributed by atoms with van der Waals surface area (Å²) in [7, 11) is 1.67. The van der Waals surface area contributed by atoms with Crippen LogP contribution in [0.15, 0.2) is 33.9 Å². The van der Waals surface area contributed by atoms with Gasteiger partial charge in [0, 0.05) is 30.0 Å². The molecule has 14 nitrogen and oxygen atoms in total. The fourth-order valence-corrected chi connectivity index (χ4v) is 6.77. The fourth-order valence-electron chi connectivity index (χ4n) is 3.66. The second-order valence-corrected chi connectivity index (χ2v) is 10.8. The summed E-state index contributed by atoms with van der Waals surface area (Å²) in [6, 6.07) is 2.66. The lowest BCUT2D eigenvalue weighted by atomic mass is 10.0. The maximum atomic E-state index is 13.1. The van der Waals surface area contributed by atoms with E-state index >= 15 is 0 Å². The van der Waals surface area contributed by atoms with Crippen molar-refractivity contribution in [1.82, 2.24) is 41.1 Å². The summed E-state index contributed by atoms with van der Waals surface area (Å²) in [6.45, 7) is 0.119. The molecule has 4 rings (SSSR count). The van der Waals surface area contributed by atoms with Crippen LogP contribution < -0.4 is 16.0 Å². The molecule has 0 radical (unpaired) electrons. The first-order valence-corrected chi connectivity index (χ1v) is 13.7. The van der Waals surface area contributed by atoms with E-state index in [1.807, 2.05) is 6.07 Å². The third-order valence-electron chi connectivity index (χ3n) is 5.39. The van der Waals surface area contributed by atoms with E-state index in [1.165, 1.54) is 44.4 Å². The van der Waals surface area contributed by atoms with E-state index in [0.717, 1.165) is 0 Å². The highest BCUT2D eigenvalue weighted by atomic mass is 32.2. The minimum absolute atomic E-state index is 0.105. The second-order valence-electron chi connectivity index (χ2n) is 7.78. The smallest absolute Gasteiger partial charge is 0.352 e. The van der Waals surface area contributed by atoms with Gasteiger partial charge in [-0.15, -0.1) is 28.2 Å². The van der Waals surface area contributed by atoms with E-state index in [0.29, 0.717) is 21.4 Å². The summed E-state index contributed by atoms with van der Waals surface area (Å²) in [4.78, 5) is 52.2. The number of nitriles is 1. The Morgan fingerprint density at radius 2 is 2.22 bits per heavy atom. The Morgan fingerprint density at radius 1 is 1.41 bits per heavy atom. The summed E-state index contributed by atoms with van der Waals surface area (Å²) in [6.07, 6.45) is 0.115. The molecule has 0 spiro atoms. The maximum absolute atomic E-state index is 13.1. The number of nitrogens with one attached hydrogen (secondary N) is 3. The summed E-state index contributed by atoms with van der Waals surface area (Å²) in [5.74, 6) is -1.76. The second kappa shape index (κ2) is 11.6. The molecule has 0 bridgehead atoms. The molecular formula is C20H21N9O5S3. The number of β-lactam (4-membered cyclic amide) rings is 1. The van der Waals surface area contributed by atoms with E-state index in [9.17, 15) is 24.3 Å². The van der Waals surface area contributed by atoms with E-state index in [4.69, 9.17) is 5.26 Å². The summed E-state index contributed by atoms with van der Waals surface area (Å²) in [5.41, 5.74) is 0.443. The van der Waals surface area contributed by atoms with Gasteiger partial charge in [-0.3, -0.25) is 14.5 Å². The minimum Gasteiger partial charge on any atom is -0.477 e. The maximum Gasteiger partial charge on any atom is 0.352 e. The number of carbonyl (C=O) groups is 4. The highest BCUT2D eigenvalue weighted by molar-refractivity contribution is 8.01. The van der Waals surface area contributed by atoms with Crippen LogP contribution in [0.2, 0.25) is 0 Å². The van der Waals surface area contributed by atoms with Crippen LogP contribution in [-0.4, -0.2) is 83.5 Å². The first kappa shape index (κ1) is 26.4. The number of rotatable bonds is 10. The molecule has 0 aliphatic carbocycles. The molecule has 194 valence electrons. The number of amides is 4. The summed E-state index contributed by atoms with van der Waals surface area (Å²) in [5, 5.41) is 39.1. The molecule has 4 amide bonds. The number of hydrogen-bond acceptors (Lipinski definition) is 11. The molecule has 37 heavy (non-hydrogen) atoms. The summed E-state index contributed by atoms with van der Waals surface area (Å²) < 4.78 is 1.46. The Morgan fingerprint density at radius 3 is 2.86 bits per heavy atom. The quantitative estimate of drug-likeness (QED) is 0.173. The minimum atomic E-state index is -1.23. The Hall–Kier alpha value is -3.62. The van der Waals surface area contributed by atoms with Crippen LogP contribution in [0.3, 0.4) is 0 Å². The molecule has 17 heteroatoms. The van der Waals surface area contributed by atoms with Crippen LogP contribution in [0.5, 0.6) is 0 Å². The molecule has 2 unspecified atom stereocenters. The van der Waals surface area contributed by atoms with Crippen LogP contribution in [0.25, 0.3) is 0 Å².